The average molecular weight is 521 g/mol. The van der Waals surface area contributed by atoms with Gasteiger partial charge in [-0.2, -0.15) is 0 Å². The topological polar surface area (TPSA) is 96.6 Å². The smallest absolute Gasteiger partial charge is 0.295 e. The van der Waals surface area contributed by atoms with E-state index in [9.17, 15) is 14.7 Å². The summed E-state index contributed by atoms with van der Waals surface area (Å²) < 4.78 is 12.8. The Hall–Kier alpha value is -3.85. The zero-order chi connectivity index (χ0) is 27.6. The van der Waals surface area contributed by atoms with Gasteiger partial charge in [0.25, 0.3) is 11.7 Å². The number of amides is 1. The average Bonchev–Trinajstić information content (AvgIpc) is 3.40. The van der Waals surface area contributed by atoms with Crippen LogP contribution in [0.5, 0.6) is 11.5 Å². The van der Waals surface area contributed by atoms with E-state index in [0.29, 0.717) is 41.4 Å². The number of aliphatic hydroxyl groups is 1. The Morgan fingerprint density at radius 3 is 2.42 bits per heavy atom. The number of pyridine rings is 1. The number of ketones is 1. The van der Waals surface area contributed by atoms with Crippen molar-refractivity contribution in [3.05, 3.63) is 64.6 Å². The molecule has 1 atom stereocenters. The van der Waals surface area contributed by atoms with Crippen molar-refractivity contribution in [2.75, 3.05) is 40.4 Å². The summed E-state index contributed by atoms with van der Waals surface area (Å²) in [6, 6.07) is 8.33. The maximum absolute atomic E-state index is 13.5. The van der Waals surface area contributed by atoms with Crippen molar-refractivity contribution < 1.29 is 24.2 Å². The van der Waals surface area contributed by atoms with Crippen LogP contribution in [-0.4, -0.2) is 76.4 Å². The lowest BCUT2D eigenvalue weighted by Gasteiger charge is -2.27. The van der Waals surface area contributed by atoms with Gasteiger partial charge >= 0.3 is 0 Å². The number of nitrogens with zero attached hydrogens (tertiary/aromatic N) is 4. The molecule has 0 radical (unpaired) electrons. The first-order chi connectivity index (χ1) is 18.3. The third kappa shape index (κ3) is 4.74. The molecule has 2 aromatic heterocycles. The van der Waals surface area contributed by atoms with Gasteiger partial charge in [-0.3, -0.25) is 9.59 Å². The molecular weight excluding hydrogens is 484 g/mol. The molecule has 0 spiro atoms. The molecular formula is C29H36N4O5. The first kappa shape index (κ1) is 27.2. The van der Waals surface area contributed by atoms with E-state index in [-0.39, 0.29) is 17.0 Å². The molecule has 3 heterocycles. The first-order valence-corrected chi connectivity index (χ1v) is 12.9. The van der Waals surface area contributed by atoms with E-state index in [2.05, 4.69) is 23.7 Å². The highest BCUT2D eigenvalue weighted by Crippen LogP contribution is 2.42. The van der Waals surface area contributed by atoms with Gasteiger partial charge in [0.05, 0.1) is 31.5 Å². The quantitative estimate of drug-likeness (QED) is 0.244. The second-order valence-corrected chi connectivity index (χ2v) is 9.42. The van der Waals surface area contributed by atoms with Gasteiger partial charge in [0.15, 0.2) is 17.3 Å². The number of hydrogen-bond acceptors (Lipinski definition) is 7. The SMILES string of the molecule is CCN(CC)CCCN1C(=O)C(=O)/C(=C(/O)c2nc3c(C)cccn3c2C)C1c1ccc(OC)c(OC)c1. The Bertz CT molecular complexity index is 1390. The van der Waals surface area contributed by atoms with E-state index < -0.39 is 17.7 Å². The lowest BCUT2D eigenvalue weighted by Crippen LogP contribution is -2.33. The van der Waals surface area contributed by atoms with E-state index in [0.717, 1.165) is 25.2 Å². The van der Waals surface area contributed by atoms with Crippen LogP contribution in [0.15, 0.2) is 42.1 Å². The van der Waals surface area contributed by atoms with E-state index in [1.165, 1.54) is 7.11 Å². The molecule has 1 amide bonds. The van der Waals surface area contributed by atoms with Gasteiger partial charge in [0.1, 0.15) is 11.3 Å². The fourth-order valence-corrected chi connectivity index (χ4v) is 5.16. The number of fused-ring (bicyclic) bond motifs is 1. The van der Waals surface area contributed by atoms with Crippen molar-refractivity contribution in [1.82, 2.24) is 19.2 Å². The van der Waals surface area contributed by atoms with Gasteiger partial charge in [-0.1, -0.05) is 26.0 Å². The number of rotatable bonds is 10. The van der Waals surface area contributed by atoms with Crippen molar-refractivity contribution in [2.45, 2.75) is 40.2 Å². The van der Waals surface area contributed by atoms with Gasteiger partial charge in [-0.25, -0.2) is 4.98 Å². The van der Waals surface area contributed by atoms with Crippen LogP contribution in [0.3, 0.4) is 0 Å². The molecule has 0 bridgehead atoms. The summed E-state index contributed by atoms with van der Waals surface area (Å²) >= 11 is 0. The van der Waals surface area contributed by atoms with Crippen molar-refractivity contribution in [3.63, 3.8) is 0 Å². The molecule has 4 rings (SSSR count). The summed E-state index contributed by atoms with van der Waals surface area (Å²) in [5.41, 5.74) is 3.24. The number of aromatic nitrogens is 2. The molecule has 9 heteroatoms. The highest BCUT2D eigenvalue weighted by Gasteiger charge is 2.46. The number of aryl methyl sites for hydroxylation is 2. The van der Waals surface area contributed by atoms with Gasteiger partial charge in [-0.15, -0.1) is 0 Å². The van der Waals surface area contributed by atoms with Crippen LogP contribution in [-0.2, 0) is 9.59 Å². The highest BCUT2D eigenvalue weighted by molar-refractivity contribution is 6.46. The van der Waals surface area contributed by atoms with Gasteiger partial charge in [-0.05, 0) is 69.2 Å². The Labute approximate surface area is 223 Å². The molecule has 3 aromatic rings. The lowest BCUT2D eigenvalue weighted by atomic mass is 9.96. The number of likely N-dealkylation sites (tertiary alicyclic amines) is 1. The number of methoxy groups -OCH3 is 2. The van der Waals surface area contributed by atoms with Gasteiger partial charge in [0.2, 0.25) is 0 Å². The van der Waals surface area contributed by atoms with Crippen LogP contribution in [0.25, 0.3) is 11.4 Å². The summed E-state index contributed by atoms with van der Waals surface area (Å²) in [4.78, 5) is 35.3. The van der Waals surface area contributed by atoms with Crippen LogP contribution in [0.2, 0.25) is 0 Å². The van der Waals surface area contributed by atoms with Crippen molar-refractivity contribution in [2.24, 2.45) is 0 Å². The number of imidazole rings is 1. The molecule has 1 aliphatic heterocycles. The maximum atomic E-state index is 13.5. The number of aliphatic hydroxyl groups excluding tert-OH is 1. The number of ether oxygens (including phenoxy) is 2. The zero-order valence-corrected chi connectivity index (χ0v) is 22.9. The minimum Gasteiger partial charge on any atom is -0.505 e. The number of Topliss-reactive ketones (excluding diaryl/α,β-unsaturated/α-hetero) is 1. The fraction of sp³-hybridized carbons (Fsp3) is 0.414. The van der Waals surface area contributed by atoms with Crippen molar-refractivity contribution >= 4 is 23.1 Å². The number of carbonyl (C=O) groups is 2. The molecule has 9 nitrogen and oxygen atoms in total. The molecule has 202 valence electrons. The van der Waals surface area contributed by atoms with Crippen LogP contribution < -0.4 is 9.47 Å². The van der Waals surface area contributed by atoms with Gasteiger partial charge in [0, 0.05) is 12.7 Å². The maximum Gasteiger partial charge on any atom is 0.295 e. The molecule has 38 heavy (non-hydrogen) atoms. The zero-order valence-electron chi connectivity index (χ0n) is 22.9. The minimum atomic E-state index is -0.795. The van der Waals surface area contributed by atoms with Gasteiger partial charge < -0.3 is 28.8 Å². The first-order valence-electron chi connectivity index (χ1n) is 12.9. The molecule has 1 N–H and O–H groups in total. The Morgan fingerprint density at radius 1 is 1.08 bits per heavy atom. The Kier molecular flexibility index (Phi) is 8.06. The Morgan fingerprint density at radius 2 is 1.79 bits per heavy atom. The normalized spacial score (nSPS) is 17.1. The van der Waals surface area contributed by atoms with Crippen LogP contribution in [0, 0.1) is 13.8 Å². The summed E-state index contributed by atoms with van der Waals surface area (Å²) in [7, 11) is 3.08. The predicted molar refractivity (Wildman–Crippen MR) is 146 cm³/mol. The van der Waals surface area contributed by atoms with Crippen molar-refractivity contribution in [1.29, 1.82) is 0 Å². The highest BCUT2D eigenvalue weighted by atomic mass is 16.5. The summed E-state index contributed by atoms with van der Waals surface area (Å²) in [5.74, 6) is -0.642. The number of benzene rings is 1. The third-order valence-electron chi connectivity index (χ3n) is 7.34. The standard InChI is InChI=1S/C29H36N4O5/c1-7-31(8-2)14-10-16-33-25(20-12-13-21(37-5)22(17-20)38-6)23(27(35)29(33)36)26(34)24-19(4)32-15-9-11-18(3)28(32)30-24/h9,11-13,15,17,25,34H,7-8,10,14,16H2,1-6H3/b26-23+. The third-order valence-corrected chi connectivity index (χ3v) is 7.34. The molecule has 0 saturated carbocycles. The predicted octanol–water partition coefficient (Wildman–Crippen LogP) is 4.12. The molecule has 0 aliphatic carbocycles. The molecule has 1 saturated heterocycles. The largest absolute Gasteiger partial charge is 0.505 e. The van der Waals surface area contributed by atoms with Crippen LogP contribution >= 0.6 is 0 Å². The fourth-order valence-electron chi connectivity index (χ4n) is 5.16. The lowest BCUT2D eigenvalue weighted by molar-refractivity contribution is -0.140. The molecule has 1 fully saturated rings. The second-order valence-electron chi connectivity index (χ2n) is 9.42. The summed E-state index contributed by atoms with van der Waals surface area (Å²) in [6.45, 7) is 10.9. The number of carbonyl (C=O) groups excluding carboxylic acids is 2. The summed E-state index contributed by atoms with van der Waals surface area (Å²) in [5, 5.41) is 11.6. The van der Waals surface area contributed by atoms with E-state index in [1.807, 2.05) is 36.6 Å². The van der Waals surface area contributed by atoms with E-state index >= 15 is 0 Å². The van der Waals surface area contributed by atoms with E-state index in [4.69, 9.17) is 9.47 Å². The Balaban J connectivity index is 1.86. The summed E-state index contributed by atoms with van der Waals surface area (Å²) in [6.07, 6.45) is 2.55. The molecule has 1 aromatic carbocycles. The van der Waals surface area contributed by atoms with E-state index in [1.54, 1.807) is 30.2 Å². The monoisotopic (exact) mass is 520 g/mol. The number of hydrogen-bond donors (Lipinski definition) is 1. The van der Waals surface area contributed by atoms with Crippen LogP contribution in [0.1, 0.15) is 48.8 Å². The van der Waals surface area contributed by atoms with Crippen LogP contribution in [0.4, 0.5) is 0 Å². The van der Waals surface area contributed by atoms with Crippen molar-refractivity contribution in [3.8, 4) is 11.5 Å². The second kappa shape index (κ2) is 11.3. The minimum absolute atomic E-state index is 0.0224. The molecule has 1 aliphatic rings. The molecule has 1 unspecified atom stereocenters.